The van der Waals surface area contributed by atoms with Crippen molar-refractivity contribution in [3.8, 4) is 6.07 Å². The molecule has 82 valence electrons. The summed E-state index contributed by atoms with van der Waals surface area (Å²) in [5.41, 5.74) is 1.21. The SMILES string of the molecule is COC(=O)C/C(C#N)=C(C)\C=C\N(C)C. The monoisotopic (exact) mass is 208 g/mol. The molecule has 0 radical (unpaired) electrons. The normalized spacial score (nSPS) is 11.9. The third-order valence-electron chi connectivity index (χ3n) is 1.78. The molecule has 0 saturated heterocycles. The van der Waals surface area contributed by atoms with Crippen molar-refractivity contribution >= 4 is 5.97 Å². The van der Waals surface area contributed by atoms with Crippen LogP contribution in [0.2, 0.25) is 0 Å². The molecule has 0 rings (SSSR count). The standard InChI is InChI=1S/C11H16N2O2/c1-9(5-6-13(2)3)10(8-12)7-11(14)15-4/h5-6H,7H2,1-4H3/b6-5+,10-9+. The summed E-state index contributed by atoms with van der Waals surface area (Å²) in [6.45, 7) is 1.79. The van der Waals surface area contributed by atoms with Gasteiger partial charge in [0.05, 0.1) is 19.6 Å². The van der Waals surface area contributed by atoms with E-state index in [-0.39, 0.29) is 6.42 Å². The Bertz CT molecular complexity index is 322. The minimum Gasteiger partial charge on any atom is -0.469 e. The zero-order chi connectivity index (χ0) is 11.8. The average molecular weight is 208 g/mol. The molecule has 0 unspecified atom stereocenters. The van der Waals surface area contributed by atoms with E-state index in [4.69, 9.17) is 5.26 Å². The summed E-state index contributed by atoms with van der Waals surface area (Å²) >= 11 is 0. The number of rotatable bonds is 4. The smallest absolute Gasteiger partial charge is 0.310 e. The van der Waals surface area contributed by atoms with E-state index >= 15 is 0 Å². The quantitative estimate of drug-likeness (QED) is 0.399. The molecule has 0 saturated carbocycles. The predicted octanol–water partition coefficient (Wildman–Crippen LogP) is 1.46. The van der Waals surface area contributed by atoms with E-state index in [0.29, 0.717) is 5.57 Å². The van der Waals surface area contributed by atoms with Crippen molar-refractivity contribution in [2.75, 3.05) is 21.2 Å². The first-order chi connectivity index (χ1) is 7.01. The lowest BCUT2D eigenvalue weighted by molar-refractivity contribution is -0.139. The second kappa shape index (κ2) is 6.66. The van der Waals surface area contributed by atoms with Crippen LogP contribution in [0.3, 0.4) is 0 Å². The second-order valence-corrected chi connectivity index (χ2v) is 3.31. The summed E-state index contributed by atoms with van der Waals surface area (Å²) in [5, 5.41) is 8.84. The first-order valence-corrected chi connectivity index (χ1v) is 4.52. The third kappa shape index (κ3) is 5.53. The maximum absolute atomic E-state index is 11.0. The highest BCUT2D eigenvalue weighted by molar-refractivity contribution is 5.74. The number of methoxy groups -OCH3 is 1. The van der Waals surface area contributed by atoms with E-state index in [2.05, 4.69) is 4.74 Å². The Balaban J connectivity index is 4.69. The van der Waals surface area contributed by atoms with Crippen LogP contribution in [0.5, 0.6) is 0 Å². The molecular formula is C11H16N2O2. The van der Waals surface area contributed by atoms with Crippen LogP contribution in [-0.4, -0.2) is 32.1 Å². The van der Waals surface area contributed by atoms with Crippen LogP contribution in [0.4, 0.5) is 0 Å². The molecule has 4 nitrogen and oxygen atoms in total. The molecule has 0 aromatic rings. The highest BCUT2D eigenvalue weighted by atomic mass is 16.5. The Labute approximate surface area is 90.4 Å². The van der Waals surface area contributed by atoms with Crippen molar-refractivity contribution in [2.45, 2.75) is 13.3 Å². The zero-order valence-corrected chi connectivity index (χ0v) is 9.57. The van der Waals surface area contributed by atoms with Gasteiger partial charge >= 0.3 is 5.97 Å². The fraction of sp³-hybridized carbons (Fsp3) is 0.455. The van der Waals surface area contributed by atoms with Gasteiger partial charge in [0, 0.05) is 19.7 Å². The number of carbonyl (C=O) groups excluding carboxylic acids is 1. The highest BCUT2D eigenvalue weighted by Crippen LogP contribution is 2.10. The van der Waals surface area contributed by atoms with Gasteiger partial charge in [-0.1, -0.05) is 0 Å². The lowest BCUT2D eigenvalue weighted by atomic mass is 10.1. The van der Waals surface area contributed by atoms with E-state index in [1.165, 1.54) is 7.11 Å². The number of hydrogen-bond donors (Lipinski definition) is 0. The predicted molar refractivity (Wildman–Crippen MR) is 57.8 cm³/mol. The van der Waals surface area contributed by atoms with E-state index in [1.807, 2.05) is 31.3 Å². The van der Waals surface area contributed by atoms with E-state index in [1.54, 1.807) is 13.0 Å². The zero-order valence-electron chi connectivity index (χ0n) is 9.57. The summed E-state index contributed by atoms with van der Waals surface area (Å²) in [6, 6.07) is 2.00. The second-order valence-electron chi connectivity index (χ2n) is 3.31. The fourth-order valence-corrected chi connectivity index (χ4v) is 0.845. The molecule has 0 N–H and O–H groups in total. The lowest BCUT2D eigenvalue weighted by Gasteiger charge is -2.04. The maximum Gasteiger partial charge on any atom is 0.310 e. The molecule has 15 heavy (non-hydrogen) atoms. The van der Waals surface area contributed by atoms with Crippen LogP contribution in [-0.2, 0) is 9.53 Å². The minimum atomic E-state index is -0.399. The van der Waals surface area contributed by atoms with Gasteiger partial charge in [-0.05, 0) is 24.8 Å². The van der Waals surface area contributed by atoms with Gasteiger partial charge in [-0.3, -0.25) is 4.79 Å². The maximum atomic E-state index is 11.0. The fourth-order valence-electron chi connectivity index (χ4n) is 0.845. The molecule has 0 atom stereocenters. The first kappa shape index (κ1) is 13.2. The molecule has 4 heteroatoms. The summed E-state index contributed by atoms with van der Waals surface area (Å²) in [7, 11) is 5.08. The number of allylic oxidation sites excluding steroid dienone is 2. The number of esters is 1. The topological polar surface area (TPSA) is 53.3 Å². The Hall–Kier alpha value is -1.76. The van der Waals surface area contributed by atoms with Crippen molar-refractivity contribution in [1.29, 1.82) is 5.26 Å². The molecule has 0 amide bonds. The first-order valence-electron chi connectivity index (χ1n) is 4.52. The Morgan fingerprint density at radius 3 is 2.53 bits per heavy atom. The molecule has 0 aromatic heterocycles. The van der Waals surface area contributed by atoms with Crippen LogP contribution in [0.15, 0.2) is 23.4 Å². The van der Waals surface area contributed by atoms with Crippen LogP contribution in [0, 0.1) is 11.3 Å². The average Bonchev–Trinajstić information content (AvgIpc) is 2.21. The summed E-state index contributed by atoms with van der Waals surface area (Å²) in [4.78, 5) is 12.8. The van der Waals surface area contributed by atoms with Gasteiger partial charge in [0.15, 0.2) is 0 Å². The van der Waals surface area contributed by atoms with Crippen LogP contribution < -0.4 is 0 Å². The van der Waals surface area contributed by atoms with Gasteiger partial charge in [-0.15, -0.1) is 0 Å². The Morgan fingerprint density at radius 2 is 2.13 bits per heavy atom. The molecular weight excluding hydrogens is 192 g/mol. The van der Waals surface area contributed by atoms with Crippen LogP contribution >= 0.6 is 0 Å². The third-order valence-corrected chi connectivity index (χ3v) is 1.78. The summed E-state index contributed by atoms with van der Waals surface area (Å²) in [6.07, 6.45) is 3.64. The molecule has 0 aliphatic rings. The molecule has 0 aliphatic carbocycles. The molecule has 0 aromatic carbocycles. The molecule has 0 spiro atoms. The van der Waals surface area contributed by atoms with E-state index < -0.39 is 5.97 Å². The van der Waals surface area contributed by atoms with Crippen molar-refractivity contribution in [2.24, 2.45) is 0 Å². The molecule has 0 bridgehead atoms. The number of nitriles is 1. The van der Waals surface area contributed by atoms with Crippen LogP contribution in [0.25, 0.3) is 0 Å². The van der Waals surface area contributed by atoms with Gasteiger partial charge in [0.25, 0.3) is 0 Å². The summed E-state index contributed by atoms with van der Waals surface area (Å²) in [5.74, 6) is -0.399. The van der Waals surface area contributed by atoms with Gasteiger partial charge < -0.3 is 9.64 Å². The number of carbonyl (C=O) groups is 1. The van der Waals surface area contributed by atoms with Crippen molar-refractivity contribution in [3.05, 3.63) is 23.4 Å². The molecule has 0 aliphatic heterocycles. The number of nitrogens with zero attached hydrogens (tertiary/aromatic N) is 2. The van der Waals surface area contributed by atoms with Gasteiger partial charge in [-0.25, -0.2) is 0 Å². The molecule has 0 heterocycles. The Morgan fingerprint density at radius 1 is 1.53 bits per heavy atom. The summed E-state index contributed by atoms with van der Waals surface area (Å²) < 4.78 is 4.50. The van der Waals surface area contributed by atoms with Crippen molar-refractivity contribution in [1.82, 2.24) is 4.90 Å². The minimum absolute atomic E-state index is 0.0244. The largest absolute Gasteiger partial charge is 0.469 e. The highest BCUT2D eigenvalue weighted by Gasteiger charge is 2.07. The van der Waals surface area contributed by atoms with Crippen molar-refractivity contribution in [3.63, 3.8) is 0 Å². The van der Waals surface area contributed by atoms with Gasteiger partial charge in [0.2, 0.25) is 0 Å². The number of ether oxygens (including phenoxy) is 1. The van der Waals surface area contributed by atoms with E-state index in [9.17, 15) is 4.79 Å². The van der Waals surface area contributed by atoms with Crippen molar-refractivity contribution < 1.29 is 9.53 Å². The molecule has 0 fully saturated rings. The lowest BCUT2D eigenvalue weighted by Crippen LogP contribution is -2.03. The Kier molecular flexibility index (Phi) is 5.88. The van der Waals surface area contributed by atoms with Crippen LogP contribution in [0.1, 0.15) is 13.3 Å². The van der Waals surface area contributed by atoms with Gasteiger partial charge in [-0.2, -0.15) is 5.26 Å². The number of hydrogen-bond acceptors (Lipinski definition) is 4. The van der Waals surface area contributed by atoms with Gasteiger partial charge in [0.1, 0.15) is 0 Å². The van der Waals surface area contributed by atoms with E-state index in [0.717, 1.165) is 5.57 Å².